The second kappa shape index (κ2) is 13.1. The molecule has 4 aromatic carbocycles. The standard InChI is InChI=1S/C34H36FN3O2/c1-24(2)26-14-16-27(17-15-26)33(34(40)36-29-18-20-30(21-19-29)37(3)4)38(23-28-12-8-9-13-31(28)35)32(39)22-25-10-6-5-7-11-25/h5-21,24,33H,22-23H2,1-4H3,(H,36,40)/t33-/m1/s1. The number of nitrogens with one attached hydrogen (secondary N) is 1. The molecule has 0 radical (unpaired) electrons. The molecule has 0 saturated carbocycles. The maximum absolute atomic E-state index is 14.9. The smallest absolute Gasteiger partial charge is 0.251 e. The van der Waals surface area contributed by atoms with Crippen molar-refractivity contribution in [3.8, 4) is 0 Å². The quantitative estimate of drug-likeness (QED) is 0.238. The van der Waals surface area contributed by atoms with E-state index in [4.69, 9.17) is 0 Å². The van der Waals surface area contributed by atoms with Gasteiger partial charge in [0.2, 0.25) is 5.91 Å². The molecule has 2 amide bonds. The van der Waals surface area contributed by atoms with Crippen molar-refractivity contribution in [3.63, 3.8) is 0 Å². The first-order valence-corrected chi connectivity index (χ1v) is 13.5. The van der Waals surface area contributed by atoms with Crippen LogP contribution in [0.4, 0.5) is 15.8 Å². The van der Waals surface area contributed by atoms with Gasteiger partial charge in [0.05, 0.1) is 6.42 Å². The van der Waals surface area contributed by atoms with Gasteiger partial charge in [-0.25, -0.2) is 4.39 Å². The summed E-state index contributed by atoms with van der Waals surface area (Å²) in [7, 11) is 3.90. The molecular weight excluding hydrogens is 501 g/mol. The summed E-state index contributed by atoms with van der Waals surface area (Å²) in [5.41, 5.74) is 4.55. The first kappa shape index (κ1) is 28.6. The van der Waals surface area contributed by atoms with Crippen molar-refractivity contribution in [1.29, 1.82) is 0 Å². The highest BCUT2D eigenvalue weighted by Gasteiger charge is 2.32. The highest BCUT2D eigenvalue weighted by molar-refractivity contribution is 5.98. The fourth-order valence-corrected chi connectivity index (χ4v) is 4.60. The highest BCUT2D eigenvalue weighted by atomic mass is 19.1. The largest absolute Gasteiger partial charge is 0.378 e. The predicted octanol–water partition coefficient (Wildman–Crippen LogP) is 6.97. The molecule has 1 atom stereocenters. The number of rotatable bonds is 10. The van der Waals surface area contributed by atoms with Gasteiger partial charge in [-0.1, -0.05) is 86.6 Å². The van der Waals surface area contributed by atoms with E-state index < -0.39 is 11.9 Å². The van der Waals surface area contributed by atoms with Crippen molar-refractivity contribution >= 4 is 23.2 Å². The molecule has 0 aromatic heterocycles. The van der Waals surface area contributed by atoms with Crippen LogP contribution < -0.4 is 10.2 Å². The van der Waals surface area contributed by atoms with Gasteiger partial charge in [0.25, 0.3) is 5.91 Å². The van der Waals surface area contributed by atoms with Crippen molar-refractivity contribution in [2.24, 2.45) is 0 Å². The van der Waals surface area contributed by atoms with Gasteiger partial charge in [-0.05, 0) is 52.9 Å². The minimum atomic E-state index is -0.981. The topological polar surface area (TPSA) is 52.7 Å². The second-order valence-electron chi connectivity index (χ2n) is 10.4. The summed E-state index contributed by atoms with van der Waals surface area (Å²) in [5, 5.41) is 3.00. The van der Waals surface area contributed by atoms with Gasteiger partial charge >= 0.3 is 0 Å². The van der Waals surface area contributed by atoms with Crippen LogP contribution in [0.3, 0.4) is 0 Å². The SMILES string of the molecule is CC(C)c1ccc([C@H](C(=O)Nc2ccc(N(C)C)cc2)N(Cc2ccccc2F)C(=O)Cc2ccccc2)cc1. The Morgan fingerprint density at radius 1 is 0.775 bits per heavy atom. The van der Waals surface area contributed by atoms with Crippen molar-refractivity contribution in [2.45, 2.75) is 38.8 Å². The van der Waals surface area contributed by atoms with Crippen LogP contribution >= 0.6 is 0 Å². The molecule has 5 nitrogen and oxygen atoms in total. The van der Waals surface area contributed by atoms with E-state index in [9.17, 15) is 14.0 Å². The molecule has 206 valence electrons. The third kappa shape index (κ3) is 7.14. The Kier molecular flexibility index (Phi) is 9.33. The molecule has 40 heavy (non-hydrogen) atoms. The summed E-state index contributed by atoms with van der Waals surface area (Å²) in [6, 6.07) is 30.0. The lowest BCUT2D eigenvalue weighted by Gasteiger charge is -2.32. The van der Waals surface area contributed by atoms with Crippen molar-refractivity contribution in [3.05, 3.63) is 131 Å². The lowest BCUT2D eigenvalue weighted by atomic mass is 9.97. The summed E-state index contributed by atoms with van der Waals surface area (Å²) in [6.07, 6.45) is 0.0840. The van der Waals surface area contributed by atoms with E-state index in [0.717, 1.165) is 16.8 Å². The molecule has 1 N–H and O–H groups in total. The van der Waals surface area contributed by atoms with Crippen LogP contribution in [0, 0.1) is 5.82 Å². The first-order valence-electron chi connectivity index (χ1n) is 13.5. The van der Waals surface area contributed by atoms with E-state index in [1.54, 1.807) is 18.2 Å². The zero-order valence-corrected chi connectivity index (χ0v) is 23.5. The van der Waals surface area contributed by atoms with Crippen LogP contribution in [0.25, 0.3) is 0 Å². The first-order chi connectivity index (χ1) is 19.2. The Labute approximate surface area is 236 Å². The Balaban J connectivity index is 1.75. The number of anilines is 2. The van der Waals surface area contributed by atoms with Crippen molar-refractivity contribution in [2.75, 3.05) is 24.3 Å². The number of nitrogens with zero attached hydrogens (tertiary/aromatic N) is 2. The summed E-state index contributed by atoms with van der Waals surface area (Å²) < 4.78 is 14.9. The fourth-order valence-electron chi connectivity index (χ4n) is 4.60. The van der Waals surface area contributed by atoms with E-state index in [1.165, 1.54) is 11.0 Å². The third-order valence-corrected chi connectivity index (χ3v) is 6.95. The van der Waals surface area contributed by atoms with Gasteiger partial charge < -0.3 is 15.1 Å². The molecule has 0 fully saturated rings. The Bertz CT molecular complexity index is 1420. The molecule has 0 aliphatic carbocycles. The minimum Gasteiger partial charge on any atom is -0.378 e. The van der Waals surface area contributed by atoms with Gasteiger partial charge in [0.1, 0.15) is 11.9 Å². The number of benzene rings is 4. The molecule has 4 rings (SSSR count). The average molecular weight is 538 g/mol. The molecule has 0 unspecified atom stereocenters. The molecule has 0 heterocycles. The van der Waals surface area contributed by atoms with Crippen LogP contribution in [0.5, 0.6) is 0 Å². The molecule has 6 heteroatoms. The Morgan fingerprint density at radius 3 is 1.98 bits per heavy atom. The normalized spacial score (nSPS) is 11.7. The zero-order chi connectivity index (χ0) is 28.6. The highest BCUT2D eigenvalue weighted by Crippen LogP contribution is 2.29. The predicted molar refractivity (Wildman–Crippen MR) is 160 cm³/mol. The number of hydrogen-bond acceptors (Lipinski definition) is 3. The summed E-state index contributed by atoms with van der Waals surface area (Å²) in [4.78, 5) is 31.4. The summed E-state index contributed by atoms with van der Waals surface area (Å²) >= 11 is 0. The minimum absolute atomic E-state index is 0.0536. The lowest BCUT2D eigenvalue weighted by molar-refractivity contribution is -0.139. The average Bonchev–Trinajstić information content (AvgIpc) is 2.95. The zero-order valence-electron chi connectivity index (χ0n) is 23.5. The monoisotopic (exact) mass is 537 g/mol. The summed E-state index contributed by atoms with van der Waals surface area (Å²) in [5.74, 6) is -0.752. The molecule has 0 bridgehead atoms. The third-order valence-electron chi connectivity index (χ3n) is 6.95. The van der Waals surface area contributed by atoms with Crippen LogP contribution in [-0.2, 0) is 22.6 Å². The van der Waals surface area contributed by atoms with Crippen LogP contribution in [0.1, 0.15) is 48.1 Å². The van der Waals surface area contributed by atoms with Gasteiger partial charge in [-0.3, -0.25) is 9.59 Å². The number of hydrogen-bond donors (Lipinski definition) is 1. The van der Waals surface area contributed by atoms with Crippen molar-refractivity contribution in [1.82, 2.24) is 4.90 Å². The van der Waals surface area contributed by atoms with Gasteiger partial charge in [-0.2, -0.15) is 0 Å². The van der Waals surface area contributed by atoms with Crippen molar-refractivity contribution < 1.29 is 14.0 Å². The van der Waals surface area contributed by atoms with E-state index >= 15 is 0 Å². The molecule has 0 aliphatic rings. The fraction of sp³-hybridized carbons (Fsp3) is 0.235. The second-order valence-corrected chi connectivity index (χ2v) is 10.4. The van der Waals surface area contributed by atoms with Crippen LogP contribution in [0.15, 0.2) is 103 Å². The molecule has 0 aliphatic heterocycles. The molecule has 0 saturated heterocycles. The number of halogens is 1. The molecule has 4 aromatic rings. The summed E-state index contributed by atoms with van der Waals surface area (Å²) in [6.45, 7) is 4.15. The maximum Gasteiger partial charge on any atom is 0.251 e. The van der Waals surface area contributed by atoms with E-state index in [0.29, 0.717) is 22.7 Å². The number of carbonyl (C=O) groups excluding carboxylic acids is 2. The van der Waals surface area contributed by atoms with E-state index in [-0.39, 0.29) is 24.8 Å². The van der Waals surface area contributed by atoms with Crippen LogP contribution in [-0.4, -0.2) is 30.8 Å². The van der Waals surface area contributed by atoms with E-state index in [2.05, 4.69) is 19.2 Å². The Morgan fingerprint density at radius 2 is 1.38 bits per heavy atom. The van der Waals surface area contributed by atoms with Crippen LogP contribution in [0.2, 0.25) is 0 Å². The number of carbonyl (C=O) groups is 2. The number of amides is 2. The van der Waals surface area contributed by atoms with Gasteiger partial charge in [0, 0.05) is 37.6 Å². The van der Waals surface area contributed by atoms with Gasteiger partial charge in [-0.15, -0.1) is 0 Å². The lowest BCUT2D eigenvalue weighted by Crippen LogP contribution is -2.41. The maximum atomic E-state index is 14.9. The van der Waals surface area contributed by atoms with E-state index in [1.807, 2.05) is 97.9 Å². The molecule has 0 spiro atoms. The van der Waals surface area contributed by atoms with Gasteiger partial charge in [0.15, 0.2) is 0 Å². The molecular formula is C34H36FN3O2. The Hall–Kier alpha value is -4.45.